The zero-order valence-electron chi connectivity index (χ0n) is 18.6. The number of nitrogens with one attached hydrogen (secondary N) is 1. The molecular weight excluding hydrogens is 414 g/mol. The van der Waals surface area contributed by atoms with Gasteiger partial charge < -0.3 is 4.98 Å². The number of H-pyrrole nitrogens is 1. The Bertz CT molecular complexity index is 1270. The van der Waals surface area contributed by atoms with Gasteiger partial charge in [0.05, 0.1) is 10.5 Å². The summed E-state index contributed by atoms with van der Waals surface area (Å²) in [5, 5.41) is 3.39. The summed E-state index contributed by atoms with van der Waals surface area (Å²) in [5.74, 6) is 3.94. The summed E-state index contributed by atoms with van der Waals surface area (Å²) in [5.41, 5.74) is 6.25. The molecule has 1 N–H and O–H groups in total. The first-order chi connectivity index (χ1) is 15.6. The average molecular weight is 444 g/mol. The topological polar surface area (TPSA) is 32.9 Å². The minimum absolute atomic E-state index is 0.237. The standard InChI is InChI=1S/C29H30ClNO/c30-25-9-20(29-12-15-5-16(13-29)7-17(6-15)14-29)8-23-22-10-21-18-1-3-19(4-2-18)28(32)24(21)11-26(22)31-27(23)25/h8-11,15-19,31H,1-7,12-14H2. The molecule has 0 saturated heterocycles. The molecule has 10 rings (SSSR count). The Morgan fingerprint density at radius 1 is 0.812 bits per heavy atom. The van der Waals surface area contributed by atoms with Crippen molar-refractivity contribution in [2.75, 3.05) is 0 Å². The van der Waals surface area contributed by atoms with Crippen molar-refractivity contribution >= 4 is 39.2 Å². The minimum Gasteiger partial charge on any atom is -0.353 e. The predicted octanol–water partition coefficient (Wildman–Crippen LogP) is 7.91. The zero-order chi connectivity index (χ0) is 21.2. The van der Waals surface area contributed by atoms with Gasteiger partial charge in [-0.3, -0.25) is 4.79 Å². The van der Waals surface area contributed by atoms with Crippen LogP contribution in [-0.2, 0) is 5.41 Å². The van der Waals surface area contributed by atoms with Gasteiger partial charge in [0.15, 0.2) is 5.78 Å². The van der Waals surface area contributed by atoms with Crippen molar-refractivity contribution in [2.45, 2.75) is 75.5 Å². The molecule has 3 heteroatoms. The van der Waals surface area contributed by atoms with Crippen molar-refractivity contribution in [1.82, 2.24) is 4.98 Å². The van der Waals surface area contributed by atoms with E-state index in [0.29, 0.717) is 17.1 Å². The van der Waals surface area contributed by atoms with Gasteiger partial charge in [0.25, 0.3) is 0 Å². The summed E-state index contributed by atoms with van der Waals surface area (Å²) in [4.78, 5) is 16.8. The number of hydrogen-bond donors (Lipinski definition) is 1. The second-order valence-electron chi connectivity index (χ2n) is 12.1. The van der Waals surface area contributed by atoms with E-state index in [1.165, 1.54) is 60.4 Å². The number of carbonyl (C=O) groups is 1. The SMILES string of the molecule is O=C1c2cc3[nH]c4c(Cl)cc(C56CC7CC(CC(C7)C5)C6)cc4c3cc2C2CCC1CC2. The highest BCUT2D eigenvalue weighted by Gasteiger charge is 2.51. The molecule has 0 unspecified atom stereocenters. The average Bonchev–Trinajstić information content (AvgIpc) is 3.03. The van der Waals surface area contributed by atoms with Gasteiger partial charge in [0.1, 0.15) is 0 Å². The first-order valence-electron chi connectivity index (χ1n) is 12.9. The summed E-state index contributed by atoms with van der Waals surface area (Å²) in [6.45, 7) is 0. The molecule has 0 amide bonds. The molecule has 5 saturated carbocycles. The van der Waals surface area contributed by atoms with E-state index in [-0.39, 0.29) is 5.92 Å². The van der Waals surface area contributed by atoms with Gasteiger partial charge in [-0.2, -0.15) is 0 Å². The van der Waals surface area contributed by atoms with Crippen LogP contribution in [0, 0.1) is 23.7 Å². The van der Waals surface area contributed by atoms with E-state index in [9.17, 15) is 4.79 Å². The number of aromatic nitrogens is 1. The molecule has 3 aromatic rings. The lowest BCUT2D eigenvalue weighted by molar-refractivity contribution is -0.00512. The summed E-state index contributed by atoms with van der Waals surface area (Å²) < 4.78 is 0. The molecule has 5 fully saturated rings. The highest BCUT2D eigenvalue weighted by molar-refractivity contribution is 6.36. The number of Topliss-reactive ketones (excluding diaryl/α,β-unsaturated/α-hetero) is 1. The molecule has 2 aromatic carbocycles. The number of ketones is 1. The quantitative estimate of drug-likeness (QED) is 0.407. The normalized spacial score (nSPS) is 37.4. The van der Waals surface area contributed by atoms with Gasteiger partial charge in [0.2, 0.25) is 0 Å². The lowest BCUT2D eigenvalue weighted by Gasteiger charge is -2.57. The lowest BCUT2D eigenvalue weighted by atomic mass is 9.48. The first kappa shape index (κ1) is 18.6. The van der Waals surface area contributed by atoms with Crippen LogP contribution in [-0.4, -0.2) is 10.8 Å². The third-order valence-corrected chi connectivity index (χ3v) is 10.6. The minimum atomic E-state index is 0.237. The van der Waals surface area contributed by atoms with Crippen molar-refractivity contribution < 1.29 is 4.79 Å². The fourth-order valence-corrected chi connectivity index (χ4v) is 9.50. The molecule has 0 aliphatic heterocycles. The van der Waals surface area contributed by atoms with Gasteiger partial charge in [-0.15, -0.1) is 0 Å². The third-order valence-electron chi connectivity index (χ3n) is 10.3. The van der Waals surface area contributed by atoms with Crippen molar-refractivity contribution in [1.29, 1.82) is 0 Å². The summed E-state index contributed by atoms with van der Waals surface area (Å²) in [6, 6.07) is 9.28. The third kappa shape index (κ3) is 2.40. The highest BCUT2D eigenvalue weighted by Crippen LogP contribution is 2.61. The maximum Gasteiger partial charge on any atom is 0.166 e. The molecule has 7 aliphatic rings. The highest BCUT2D eigenvalue weighted by atomic mass is 35.5. The van der Waals surface area contributed by atoms with E-state index in [1.807, 2.05) is 0 Å². The predicted molar refractivity (Wildman–Crippen MR) is 130 cm³/mol. The van der Waals surface area contributed by atoms with Gasteiger partial charge in [0, 0.05) is 27.8 Å². The molecule has 32 heavy (non-hydrogen) atoms. The Hall–Kier alpha value is -1.80. The number of halogens is 1. The molecule has 7 aliphatic carbocycles. The molecular formula is C29H30ClNO. The van der Waals surface area contributed by atoms with Crippen LogP contribution < -0.4 is 0 Å². The monoisotopic (exact) mass is 443 g/mol. The molecule has 6 bridgehead atoms. The van der Waals surface area contributed by atoms with E-state index in [0.717, 1.165) is 65.1 Å². The number of aromatic amines is 1. The van der Waals surface area contributed by atoms with E-state index in [1.54, 1.807) is 0 Å². The molecule has 164 valence electrons. The number of hydrogen-bond acceptors (Lipinski definition) is 1. The molecule has 0 atom stereocenters. The molecule has 1 heterocycles. The second-order valence-corrected chi connectivity index (χ2v) is 12.5. The summed E-state index contributed by atoms with van der Waals surface area (Å²) in [7, 11) is 0. The Balaban J connectivity index is 1.34. The Kier molecular flexibility index (Phi) is 3.61. The number of rotatable bonds is 1. The van der Waals surface area contributed by atoms with Crippen LogP contribution in [0.5, 0.6) is 0 Å². The van der Waals surface area contributed by atoms with Crippen LogP contribution in [0.2, 0.25) is 5.02 Å². The Labute approximate surface area is 194 Å². The summed E-state index contributed by atoms with van der Waals surface area (Å²) in [6.07, 6.45) is 12.9. The van der Waals surface area contributed by atoms with Crippen molar-refractivity contribution in [3.8, 4) is 0 Å². The zero-order valence-corrected chi connectivity index (χ0v) is 19.3. The number of fused-ring (bicyclic) bond motifs is 5. The maximum atomic E-state index is 13.2. The molecule has 0 spiro atoms. The fraction of sp³-hybridized carbons (Fsp3) is 0.552. The van der Waals surface area contributed by atoms with Gasteiger partial charge >= 0.3 is 0 Å². The molecule has 1 aromatic heterocycles. The van der Waals surface area contributed by atoms with E-state index < -0.39 is 0 Å². The van der Waals surface area contributed by atoms with Crippen molar-refractivity contribution in [3.05, 3.63) is 46.0 Å². The van der Waals surface area contributed by atoms with Crippen molar-refractivity contribution in [3.63, 3.8) is 0 Å². The van der Waals surface area contributed by atoms with Gasteiger partial charge in [-0.05, 0) is 129 Å². The smallest absolute Gasteiger partial charge is 0.166 e. The van der Waals surface area contributed by atoms with Gasteiger partial charge in [-0.1, -0.05) is 11.6 Å². The van der Waals surface area contributed by atoms with Crippen LogP contribution in [0.1, 0.15) is 91.6 Å². The van der Waals surface area contributed by atoms with E-state index in [2.05, 4.69) is 29.2 Å². The second kappa shape index (κ2) is 6.20. The van der Waals surface area contributed by atoms with Crippen LogP contribution in [0.25, 0.3) is 21.8 Å². The fourth-order valence-electron chi connectivity index (χ4n) is 9.23. The van der Waals surface area contributed by atoms with Crippen LogP contribution >= 0.6 is 11.6 Å². The molecule has 0 radical (unpaired) electrons. The summed E-state index contributed by atoms with van der Waals surface area (Å²) >= 11 is 6.95. The maximum absolute atomic E-state index is 13.2. The van der Waals surface area contributed by atoms with E-state index in [4.69, 9.17) is 11.6 Å². The van der Waals surface area contributed by atoms with Crippen LogP contribution in [0.4, 0.5) is 0 Å². The first-order valence-corrected chi connectivity index (χ1v) is 13.3. The molecule has 2 nitrogen and oxygen atoms in total. The largest absolute Gasteiger partial charge is 0.353 e. The lowest BCUT2D eigenvalue weighted by Crippen LogP contribution is -2.48. The van der Waals surface area contributed by atoms with Crippen molar-refractivity contribution in [2.24, 2.45) is 23.7 Å². The van der Waals surface area contributed by atoms with Crippen LogP contribution in [0.15, 0.2) is 24.3 Å². The Morgan fingerprint density at radius 3 is 2.16 bits per heavy atom. The van der Waals surface area contributed by atoms with Gasteiger partial charge in [-0.25, -0.2) is 0 Å². The number of carbonyl (C=O) groups excluding carboxylic acids is 1. The van der Waals surface area contributed by atoms with Crippen LogP contribution in [0.3, 0.4) is 0 Å². The number of benzene rings is 2. The van der Waals surface area contributed by atoms with E-state index >= 15 is 0 Å². The Morgan fingerprint density at radius 2 is 1.47 bits per heavy atom.